The van der Waals surface area contributed by atoms with Crippen LogP contribution in [0.2, 0.25) is 0 Å². The van der Waals surface area contributed by atoms with Gasteiger partial charge in [-0.3, -0.25) is 10.1 Å². The molecule has 0 radical (unpaired) electrons. The minimum absolute atomic E-state index is 0.151. The van der Waals surface area contributed by atoms with Crippen molar-refractivity contribution >= 4 is 28.8 Å². The van der Waals surface area contributed by atoms with E-state index in [-0.39, 0.29) is 24.3 Å². The van der Waals surface area contributed by atoms with Gasteiger partial charge < -0.3 is 24.7 Å². The molecule has 1 saturated heterocycles. The first-order valence-electron chi connectivity index (χ1n) is 11.2. The third-order valence-corrected chi connectivity index (χ3v) is 5.81. The number of methoxy groups -OCH3 is 1. The average Bonchev–Trinajstić information content (AvgIpc) is 3.46. The van der Waals surface area contributed by atoms with Crippen LogP contribution in [-0.2, 0) is 14.3 Å². The predicted molar refractivity (Wildman–Crippen MR) is 125 cm³/mol. The Hall–Kier alpha value is -4.06. The lowest BCUT2D eigenvalue weighted by Crippen LogP contribution is -2.40. The fourth-order valence-corrected chi connectivity index (χ4v) is 4.21. The van der Waals surface area contributed by atoms with Gasteiger partial charge in [-0.15, -0.1) is 0 Å². The van der Waals surface area contributed by atoms with Crippen LogP contribution in [0.15, 0.2) is 52.9 Å². The van der Waals surface area contributed by atoms with Crippen molar-refractivity contribution < 1.29 is 46.6 Å². The number of benzene rings is 2. The maximum absolute atomic E-state index is 12.6. The number of carbonyl (C=O) groups is 3. The number of amides is 1. The summed E-state index contributed by atoms with van der Waals surface area (Å²) in [6.45, 7) is 1.99. The Bertz CT molecular complexity index is 1270. The van der Waals surface area contributed by atoms with Crippen LogP contribution in [0.5, 0.6) is 5.75 Å². The number of hydrogen-bond donors (Lipinski definition) is 3. The van der Waals surface area contributed by atoms with Crippen LogP contribution in [0.25, 0.3) is 11.0 Å². The number of primary amides is 1. The van der Waals surface area contributed by atoms with Gasteiger partial charge in [0, 0.05) is 22.9 Å². The molecule has 0 aliphatic carbocycles. The van der Waals surface area contributed by atoms with E-state index in [1.54, 1.807) is 14.0 Å². The number of furan rings is 1. The Kier molecular flexibility index (Phi) is 8.43. The lowest BCUT2D eigenvalue weighted by atomic mass is 9.88. The van der Waals surface area contributed by atoms with Gasteiger partial charge >= 0.3 is 18.1 Å². The normalized spacial score (nSPS) is 19.1. The van der Waals surface area contributed by atoms with Crippen LogP contribution in [-0.4, -0.2) is 48.9 Å². The second kappa shape index (κ2) is 11.3. The number of nitrogens with two attached hydrogens (primary N) is 1. The summed E-state index contributed by atoms with van der Waals surface area (Å²) in [5, 5.41) is 11.3. The maximum atomic E-state index is 12.6. The summed E-state index contributed by atoms with van der Waals surface area (Å²) in [6.07, 6.45) is -4.50. The quantitative estimate of drug-likeness (QED) is 0.414. The molecule has 12 heteroatoms. The highest BCUT2D eigenvalue weighted by Crippen LogP contribution is 2.42. The smallest absolute Gasteiger partial charge is 0.490 e. The van der Waals surface area contributed by atoms with E-state index in [1.807, 2.05) is 48.5 Å². The molecule has 0 bridgehead atoms. The van der Waals surface area contributed by atoms with Gasteiger partial charge in [-0.05, 0) is 37.1 Å². The summed E-state index contributed by atoms with van der Waals surface area (Å²) < 4.78 is 48.0. The number of alkyl halides is 3. The van der Waals surface area contributed by atoms with Crippen molar-refractivity contribution in [2.24, 2.45) is 5.73 Å². The molecular formula is C25H25F3N2O7. The summed E-state index contributed by atoms with van der Waals surface area (Å²) in [6, 6.07) is 14.2. The molecule has 4 rings (SSSR count). The van der Waals surface area contributed by atoms with Crippen LogP contribution < -0.4 is 15.8 Å². The fraction of sp³-hybridized carbons (Fsp3) is 0.320. The molecule has 3 atom stereocenters. The number of halogens is 3. The van der Waals surface area contributed by atoms with Crippen molar-refractivity contribution in [3.05, 3.63) is 65.4 Å². The molecule has 4 N–H and O–H groups in total. The van der Waals surface area contributed by atoms with Crippen LogP contribution in [0.4, 0.5) is 13.2 Å². The lowest BCUT2D eigenvalue weighted by molar-refractivity contribution is -0.192. The molecule has 1 aromatic heterocycles. The van der Waals surface area contributed by atoms with Gasteiger partial charge in [-0.1, -0.05) is 30.3 Å². The van der Waals surface area contributed by atoms with Crippen LogP contribution in [0.1, 0.15) is 47.0 Å². The number of aliphatic carboxylic acids is 1. The predicted octanol–water partition coefficient (Wildman–Crippen LogP) is 3.92. The molecule has 2 heterocycles. The van der Waals surface area contributed by atoms with Crippen LogP contribution in [0.3, 0.4) is 0 Å². The van der Waals surface area contributed by atoms with Crippen molar-refractivity contribution in [3.8, 4) is 5.75 Å². The highest BCUT2D eigenvalue weighted by molar-refractivity contribution is 5.96. The molecule has 1 amide bonds. The largest absolute Gasteiger partial charge is 0.497 e. The molecule has 3 aromatic rings. The summed E-state index contributed by atoms with van der Waals surface area (Å²) >= 11 is 0. The average molecular weight is 522 g/mol. The van der Waals surface area contributed by atoms with Gasteiger partial charge in [0.1, 0.15) is 11.3 Å². The van der Waals surface area contributed by atoms with Gasteiger partial charge in [0.25, 0.3) is 0 Å². The van der Waals surface area contributed by atoms with Crippen molar-refractivity contribution in [3.63, 3.8) is 0 Å². The van der Waals surface area contributed by atoms with E-state index in [0.717, 1.165) is 16.7 Å². The molecule has 1 fully saturated rings. The first-order chi connectivity index (χ1) is 17.5. The topological polar surface area (TPSA) is 141 Å². The van der Waals surface area contributed by atoms with E-state index < -0.39 is 30.1 Å². The second-order valence-electron chi connectivity index (χ2n) is 8.08. The fourth-order valence-electron chi connectivity index (χ4n) is 4.21. The monoisotopic (exact) mass is 522 g/mol. The minimum atomic E-state index is -5.08. The van der Waals surface area contributed by atoms with Crippen molar-refractivity contribution in [2.75, 3.05) is 13.7 Å². The Balaban J connectivity index is 0.000000479. The van der Waals surface area contributed by atoms with E-state index in [9.17, 15) is 22.8 Å². The number of carboxylic acid groups (broad SMARTS) is 1. The number of hydrogen-bond acceptors (Lipinski definition) is 7. The standard InChI is InChI=1S/C23H24N2O5.C2HF3O2/c1-3-29-23(27)21-19(15-6-4-5-7-18(15)30-21)17-12-16(20(25-17)22(24)26)13-8-10-14(28-2)11-9-13;3-2(4,5)1(6)7/h4-11,16-17,20,25H,3,12H2,1-2H3,(H2,24,26);(H,6,7)/t16-,17?,20-;/m0./s1. The highest BCUT2D eigenvalue weighted by atomic mass is 19.4. The number of ether oxygens (including phenoxy) is 2. The number of para-hydroxylation sites is 1. The van der Waals surface area contributed by atoms with E-state index in [0.29, 0.717) is 17.6 Å². The van der Waals surface area contributed by atoms with Gasteiger partial charge in [0.15, 0.2) is 0 Å². The molecular weight excluding hydrogens is 497 g/mol. The number of fused-ring (bicyclic) bond motifs is 1. The second-order valence-corrected chi connectivity index (χ2v) is 8.08. The zero-order valence-corrected chi connectivity index (χ0v) is 19.9. The Labute approximate surface area is 209 Å². The highest BCUT2D eigenvalue weighted by Gasteiger charge is 2.42. The molecule has 1 unspecified atom stereocenters. The Morgan fingerprint density at radius 1 is 1.14 bits per heavy atom. The van der Waals surface area contributed by atoms with Gasteiger partial charge in [0.05, 0.1) is 19.8 Å². The first kappa shape index (κ1) is 27.5. The Morgan fingerprint density at radius 3 is 2.30 bits per heavy atom. The third kappa shape index (κ3) is 6.20. The molecule has 0 saturated carbocycles. The summed E-state index contributed by atoms with van der Waals surface area (Å²) in [4.78, 5) is 33.7. The Morgan fingerprint density at radius 2 is 1.76 bits per heavy atom. The molecule has 1 aliphatic rings. The number of esters is 1. The molecule has 0 spiro atoms. The summed E-state index contributed by atoms with van der Waals surface area (Å²) in [5.41, 5.74) is 7.98. The number of carbonyl (C=O) groups excluding carboxylic acids is 2. The lowest BCUT2D eigenvalue weighted by Gasteiger charge is -2.16. The van der Waals surface area contributed by atoms with Gasteiger partial charge in [0.2, 0.25) is 11.7 Å². The first-order valence-corrected chi connectivity index (χ1v) is 11.2. The molecule has 1 aliphatic heterocycles. The minimum Gasteiger partial charge on any atom is -0.497 e. The molecule has 9 nitrogen and oxygen atoms in total. The number of nitrogens with one attached hydrogen (secondary N) is 1. The van der Waals surface area contributed by atoms with E-state index in [2.05, 4.69) is 5.32 Å². The number of carboxylic acids is 1. The van der Waals surface area contributed by atoms with Crippen molar-refractivity contribution in [1.82, 2.24) is 5.32 Å². The number of rotatable bonds is 6. The van der Waals surface area contributed by atoms with E-state index in [4.69, 9.17) is 29.5 Å². The van der Waals surface area contributed by atoms with E-state index >= 15 is 0 Å². The zero-order chi connectivity index (χ0) is 27.3. The van der Waals surface area contributed by atoms with Gasteiger partial charge in [-0.25, -0.2) is 9.59 Å². The SMILES string of the molecule is CCOC(=O)c1oc2ccccc2c1C1C[C@@H](c2ccc(OC)cc2)[C@@H](C(N)=O)N1.O=C(O)C(F)(F)F. The summed E-state index contributed by atoms with van der Waals surface area (Å²) in [5.74, 6) is -2.97. The van der Waals surface area contributed by atoms with Crippen molar-refractivity contribution in [1.29, 1.82) is 0 Å². The van der Waals surface area contributed by atoms with E-state index in [1.165, 1.54) is 0 Å². The van der Waals surface area contributed by atoms with Crippen LogP contribution >= 0.6 is 0 Å². The molecule has 37 heavy (non-hydrogen) atoms. The van der Waals surface area contributed by atoms with Crippen molar-refractivity contribution in [2.45, 2.75) is 37.5 Å². The molecule has 198 valence electrons. The van der Waals surface area contributed by atoms with Crippen LogP contribution in [0, 0.1) is 0 Å². The summed E-state index contributed by atoms with van der Waals surface area (Å²) in [7, 11) is 1.61. The third-order valence-electron chi connectivity index (χ3n) is 5.81. The maximum Gasteiger partial charge on any atom is 0.490 e. The van der Waals surface area contributed by atoms with Gasteiger partial charge in [-0.2, -0.15) is 13.2 Å². The molecule has 2 aromatic carbocycles. The zero-order valence-electron chi connectivity index (χ0n) is 19.9.